The van der Waals surface area contributed by atoms with Crippen molar-refractivity contribution < 1.29 is 9.53 Å². The molecule has 0 saturated carbocycles. The summed E-state index contributed by atoms with van der Waals surface area (Å²) < 4.78 is 7.45. The highest BCUT2D eigenvalue weighted by Gasteiger charge is 2.25. The summed E-state index contributed by atoms with van der Waals surface area (Å²) in [6.45, 7) is 8.59. The highest BCUT2D eigenvalue weighted by atomic mass is 16.5. The lowest BCUT2D eigenvalue weighted by atomic mass is 10.0. The molecule has 1 atom stereocenters. The molecule has 0 aliphatic heterocycles. The van der Waals surface area contributed by atoms with E-state index < -0.39 is 0 Å². The lowest BCUT2D eigenvalue weighted by Crippen LogP contribution is -2.33. The van der Waals surface area contributed by atoms with Crippen LogP contribution in [-0.2, 0) is 6.54 Å². The molecule has 7 heteroatoms. The summed E-state index contributed by atoms with van der Waals surface area (Å²) in [6.07, 6.45) is 5.08. The van der Waals surface area contributed by atoms with Gasteiger partial charge >= 0.3 is 0 Å². The molecule has 2 aromatic heterocycles. The van der Waals surface area contributed by atoms with E-state index in [1.807, 2.05) is 24.3 Å². The number of aromatic nitrogens is 4. The second-order valence-electron chi connectivity index (χ2n) is 7.68. The van der Waals surface area contributed by atoms with Crippen molar-refractivity contribution in [1.29, 1.82) is 0 Å². The van der Waals surface area contributed by atoms with Crippen molar-refractivity contribution in [3.63, 3.8) is 0 Å². The highest BCUT2D eigenvalue weighted by Crippen LogP contribution is 2.28. The first-order valence-electron chi connectivity index (χ1n) is 10.2. The normalized spacial score (nSPS) is 12.3. The van der Waals surface area contributed by atoms with Crippen LogP contribution in [0.15, 0.2) is 61.4 Å². The third-order valence-electron chi connectivity index (χ3n) is 5.26. The summed E-state index contributed by atoms with van der Waals surface area (Å²) in [4.78, 5) is 26.5. The highest BCUT2D eigenvalue weighted by molar-refractivity contribution is 5.97. The molecule has 0 radical (unpaired) electrons. The van der Waals surface area contributed by atoms with Crippen LogP contribution in [0.3, 0.4) is 0 Å². The standard InChI is InChI=1S/C24H25N5O2/c1-5-12-29-21-14-17(31-4)7-9-19(21)27-23(29)22(15(2)3)28-24(30)16-6-8-18-20(13-16)26-11-10-25-18/h5-11,13-15,22H,1,12H2,2-4H3,(H,28,30). The van der Waals surface area contributed by atoms with Crippen LogP contribution in [0.1, 0.15) is 36.1 Å². The monoisotopic (exact) mass is 415 g/mol. The van der Waals surface area contributed by atoms with E-state index in [4.69, 9.17) is 9.72 Å². The quantitative estimate of drug-likeness (QED) is 0.455. The van der Waals surface area contributed by atoms with Crippen molar-refractivity contribution in [3.8, 4) is 5.75 Å². The van der Waals surface area contributed by atoms with Gasteiger partial charge in [0.05, 0.1) is 35.2 Å². The molecule has 2 aromatic carbocycles. The smallest absolute Gasteiger partial charge is 0.251 e. The Bertz CT molecular complexity index is 1260. The molecule has 0 bridgehead atoms. The topological polar surface area (TPSA) is 81.9 Å². The minimum absolute atomic E-state index is 0.117. The number of allylic oxidation sites excluding steroid dienone is 1. The zero-order chi connectivity index (χ0) is 22.0. The van der Waals surface area contributed by atoms with Gasteiger partial charge in [-0.2, -0.15) is 0 Å². The molecular weight excluding hydrogens is 390 g/mol. The number of imidazole rings is 1. The number of amides is 1. The van der Waals surface area contributed by atoms with Gasteiger partial charge in [-0.1, -0.05) is 19.9 Å². The Labute approximate surface area is 180 Å². The molecule has 31 heavy (non-hydrogen) atoms. The molecule has 1 N–H and O–H groups in total. The summed E-state index contributed by atoms with van der Waals surface area (Å²) in [5, 5.41) is 3.17. The van der Waals surface area contributed by atoms with E-state index in [2.05, 4.69) is 40.3 Å². The Morgan fingerprint density at radius 3 is 2.58 bits per heavy atom. The van der Waals surface area contributed by atoms with Crippen molar-refractivity contribution in [2.45, 2.75) is 26.4 Å². The van der Waals surface area contributed by atoms with Crippen molar-refractivity contribution >= 4 is 28.0 Å². The Hall–Kier alpha value is -3.74. The fourth-order valence-electron chi connectivity index (χ4n) is 3.66. The first-order chi connectivity index (χ1) is 15.0. The third-order valence-corrected chi connectivity index (χ3v) is 5.26. The zero-order valence-corrected chi connectivity index (χ0v) is 17.9. The van der Waals surface area contributed by atoms with Crippen molar-refractivity contribution in [3.05, 3.63) is 72.8 Å². The van der Waals surface area contributed by atoms with Gasteiger partial charge in [0.25, 0.3) is 5.91 Å². The number of fused-ring (bicyclic) bond motifs is 2. The SMILES string of the molecule is C=CCn1c(C(NC(=O)c2ccc3nccnc3c2)C(C)C)nc2ccc(OC)cc21. The van der Waals surface area contributed by atoms with Gasteiger partial charge in [-0.3, -0.25) is 14.8 Å². The number of nitrogens with one attached hydrogen (secondary N) is 1. The van der Waals surface area contributed by atoms with E-state index in [0.29, 0.717) is 17.6 Å². The molecule has 1 amide bonds. The molecule has 2 heterocycles. The number of nitrogens with zero attached hydrogens (tertiary/aromatic N) is 4. The zero-order valence-electron chi connectivity index (χ0n) is 17.9. The summed E-state index contributed by atoms with van der Waals surface area (Å²) in [7, 11) is 1.64. The Morgan fingerprint density at radius 2 is 1.87 bits per heavy atom. The number of benzene rings is 2. The molecule has 0 spiro atoms. The Morgan fingerprint density at radius 1 is 1.13 bits per heavy atom. The largest absolute Gasteiger partial charge is 0.497 e. The predicted molar refractivity (Wildman–Crippen MR) is 121 cm³/mol. The van der Waals surface area contributed by atoms with Gasteiger partial charge in [-0.05, 0) is 36.2 Å². The van der Waals surface area contributed by atoms with Crippen LogP contribution in [0, 0.1) is 5.92 Å². The maximum Gasteiger partial charge on any atom is 0.251 e. The number of ether oxygens (including phenoxy) is 1. The number of methoxy groups -OCH3 is 1. The van der Waals surface area contributed by atoms with Crippen molar-refractivity contribution in [1.82, 2.24) is 24.8 Å². The van der Waals surface area contributed by atoms with E-state index >= 15 is 0 Å². The van der Waals surface area contributed by atoms with Crippen LogP contribution in [0.5, 0.6) is 5.75 Å². The molecule has 1 unspecified atom stereocenters. The van der Waals surface area contributed by atoms with E-state index in [9.17, 15) is 4.79 Å². The molecule has 0 aliphatic rings. The fourth-order valence-corrected chi connectivity index (χ4v) is 3.66. The number of carbonyl (C=O) groups is 1. The van der Waals surface area contributed by atoms with Crippen LogP contribution >= 0.6 is 0 Å². The first kappa shape index (κ1) is 20.5. The number of rotatable bonds is 7. The maximum atomic E-state index is 13.1. The Kier molecular flexibility index (Phi) is 5.66. The van der Waals surface area contributed by atoms with E-state index in [1.165, 1.54) is 0 Å². The average Bonchev–Trinajstić information content (AvgIpc) is 3.14. The van der Waals surface area contributed by atoms with Gasteiger partial charge < -0.3 is 14.6 Å². The fraction of sp³-hybridized carbons (Fsp3) is 0.250. The minimum atomic E-state index is -0.289. The van der Waals surface area contributed by atoms with Crippen LogP contribution < -0.4 is 10.1 Å². The molecule has 158 valence electrons. The lowest BCUT2D eigenvalue weighted by Gasteiger charge is -2.23. The summed E-state index contributed by atoms with van der Waals surface area (Å²) in [5.41, 5.74) is 3.75. The van der Waals surface area contributed by atoms with Gasteiger partial charge in [0.2, 0.25) is 0 Å². The number of hydrogen-bond donors (Lipinski definition) is 1. The molecule has 4 rings (SSSR count). The van der Waals surface area contributed by atoms with Gasteiger partial charge in [0.1, 0.15) is 11.6 Å². The molecule has 0 saturated heterocycles. The maximum absolute atomic E-state index is 13.1. The van der Waals surface area contributed by atoms with Gasteiger partial charge in [0, 0.05) is 30.6 Å². The molecule has 7 nitrogen and oxygen atoms in total. The summed E-state index contributed by atoms with van der Waals surface area (Å²) >= 11 is 0. The van der Waals surface area contributed by atoms with Crippen molar-refractivity contribution in [2.24, 2.45) is 5.92 Å². The predicted octanol–water partition coefficient (Wildman–Crippen LogP) is 4.30. The van der Waals surface area contributed by atoms with E-state index in [1.54, 1.807) is 37.7 Å². The van der Waals surface area contributed by atoms with Crippen molar-refractivity contribution in [2.75, 3.05) is 7.11 Å². The van der Waals surface area contributed by atoms with E-state index in [0.717, 1.165) is 28.1 Å². The van der Waals surface area contributed by atoms with Crippen LogP contribution in [-0.4, -0.2) is 32.5 Å². The van der Waals surface area contributed by atoms with E-state index in [-0.39, 0.29) is 17.9 Å². The summed E-state index contributed by atoms with van der Waals surface area (Å²) in [6, 6.07) is 10.8. The third kappa shape index (κ3) is 3.99. The average molecular weight is 415 g/mol. The molecule has 0 fully saturated rings. The second-order valence-corrected chi connectivity index (χ2v) is 7.68. The minimum Gasteiger partial charge on any atom is -0.497 e. The van der Waals surface area contributed by atoms with Gasteiger partial charge in [0.15, 0.2) is 0 Å². The first-order valence-corrected chi connectivity index (χ1v) is 10.2. The van der Waals surface area contributed by atoms with Crippen LogP contribution in [0.2, 0.25) is 0 Å². The summed E-state index contributed by atoms with van der Waals surface area (Å²) in [5.74, 6) is 1.48. The lowest BCUT2D eigenvalue weighted by molar-refractivity contribution is 0.0922. The van der Waals surface area contributed by atoms with Crippen LogP contribution in [0.25, 0.3) is 22.1 Å². The van der Waals surface area contributed by atoms with Gasteiger partial charge in [-0.15, -0.1) is 6.58 Å². The molecule has 0 aliphatic carbocycles. The number of carbonyl (C=O) groups excluding carboxylic acids is 1. The number of hydrogen-bond acceptors (Lipinski definition) is 5. The second kappa shape index (κ2) is 8.55. The van der Waals surface area contributed by atoms with Gasteiger partial charge in [-0.25, -0.2) is 4.98 Å². The van der Waals surface area contributed by atoms with Crippen LogP contribution in [0.4, 0.5) is 0 Å². The Balaban J connectivity index is 1.72. The molecular formula is C24H25N5O2. The molecule has 4 aromatic rings.